The molecule has 0 aromatic carbocycles. The molecule has 2 aromatic rings. The summed E-state index contributed by atoms with van der Waals surface area (Å²) >= 11 is 0. The topological polar surface area (TPSA) is 61.6 Å². The largest absolute Gasteiger partial charge is 0.381 e. The van der Waals surface area contributed by atoms with Gasteiger partial charge in [-0.1, -0.05) is 0 Å². The lowest BCUT2D eigenvalue weighted by Gasteiger charge is -2.08. The van der Waals surface area contributed by atoms with Crippen LogP contribution in [-0.2, 0) is 6.54 Å². The quantitative estimate of drug-likeness (QED) is 0.868. The van der Waals surface area contributed by atoms with Crippen LogP contribution in [0.25, 0.3) is 0 Å². The van der Waals surface area contributed by atoms with E-state index in [0.29, 0.717) is 12.2 Å². The highest BCUT2D eigenvalue weighted by atomic mass is 14.9. The second-order valence-electron chi connectivity index (χ2n) is 3.70. The van der Waals surface area contributed by atoms with Crippen LogP contribution in [0.1, 0.15) is 16.8 Å². The van der Waals surface area contributed by atoms with Crippen molar-refractivity contribution in [2.24, 2.45) is 0 Å². The fourth-order valence-electron chi connectivity index (χ4n) is 1.50. The van der Waals surface area contributed by atoms with Gasteiger partial charge in [0.25, 0.3) is 0 Å². The SMILES string of the molecule is Cc1cnccc1CNc1ccnc(C#N)c1. The molecule has 1 N–H and O–H groups in total. The molecule has 0 bridgehead atoms. The zero-order valence-electron chi connectivity index (χ0n) is 9.51. The average Bonchev–Trinajstić information content (AvgIpc) is 2.38. The maximum absolute atomic E-state index is 8.74. The van der Waals surface area contributed by atoms with E-state index in [9.17, 15) is 0 Å². The van der Waals surface area contributed by atoms with E-state index in [0.717, 1.165) is 11.3 Å². The highest BCUT2D eigenvalue weighted by Gasteiger charge is 1.99. The molecule has 2 aromatic heterocycles. The number of nitrogens with one attached hydrogen (secondary N) is 1. The molecule has 0 aliphatic carbocycles. The van der Waals surface area contributed by atoms with E-state index >= 15 is 0 Å². The third kappa shape index (κ3) is 2.79. The van der Waals surface area contributed by atoms with Crippen molar-refractivity contribution in [3.8, 4) is 6.07 Å². The van der Waals surface area contributed by atoms with E-state index in [-0.39, 0.29) is 0 Å². The maximum atomic E-state index is 8.74. The third-order valence-corrected chi connectivity index (χ3v) is 2.49. The van der Waals surface area contributed by atoms with Gasteiger partial charge in [0.15, 0.2) is 0 Å². The van der Waals surface area contributed by atoms with E-state index in [1.54, 1.807) is 18.5 Å². The van der Waals surface area contributed by atoms with Crippen molar-refractivity contribution in [2.45, 2.75) is 13.5 Å². The third-order valence-electron chi connectivity index (χ3n) is 2.49. The number of hydrogen-bond acceptors (Lipinski definition) is 4. The number of aromatic nitrogens is 2. The molecular formula is C13H12N4. The van der Waals surface area contributed by atoms with E-state index in [1.807, 2.05) is 31.3 Å². The van der Waals surface area contributed by atoms with Crippen molar-refractivity contribution in [2.75, 3.05) is 5.32 Å². The molecule has 0 saturated heterocycles. The molecule has 0 aliphatic rings. The molecule has 0 spiro atoms. The lowest BCUT2D eigenvalue weighted by molar-refractivity contribution is 1.09. The minimum Gasteiger partial charge on any atom is -0.381 e. The molecule has 0 atom stereocenters. The summed E-state index contributed by atoms with van der Waals surface area (Å²) in [5.41, 5.74) is 3.65. The van der Waals surface area contributed by atoms with Crippen molar-refractivity contribution in [1.82, 2.24) is 9.97 Å². The van der Waals surface area contributed by atoms with Gasteiger partial charge in [-0.2, -0.15) is 5.26 Å². The van der Waals surface area contributed by atoms with Gasteiger partial charge in [0, 0.05) is 30.8 Å². The fraction of sp³-hybridized carbons (Fsp3) is 0.154. The van der Waals surface area contributed by atoms with Gasteiger partial charge < -0.3 is 5.32 Å². The molecule has 17 heavy (non-hydrogen) atoms. The number of aryl methyl sites for hydroxylation is 1. The minimum absolute atomic E-state index is 0.418. The monoisotopic (exact) mass is 224 g/mol. The van der Waals surface area contributed by atoms with Crippen LogP contribution in [0.2, 0.25) is 0 Å². The van der Waals surface area contributed by atoms with Crippen molar-refractivity contribution in [3.05, 3.63) is 53.6 Å². The van der Waals surface area contributed by atoms with Crippen LogP contribution in [0.4, 0.5) is 5.69 Å². The van der Waals surface area contributed by atoms with Crippen molar-refractivity contribution in [3.63, 3.8) is 0 Å². The normalized spacial score (nSPS) is 9.65. The van der Waals surface area contributed by atoms with E-state index in [1.165, 1.54) is 5.56 Å². The molecule has 0 aliphatic heterocycles. The summed E-state index contributed by atoms with van der Waals surface area (Å²) < 4.78 is 0. The number of pyridine rings is 2. The Morgan fingerprint density at radius 1 is 1.35 bits per heavy atom. The number of nitrogens with zero attached hydrogens (tertiary/aromatic N) is 3. The summed E-state index contributed by atoms with van der Waals surface area (Å²) in [5.74, 6) is 0. The first-order valence-electron chi connectivity index (χ1n) is 5.29. The number of hydrogen-bond donors (Lipinski definition) is 1. The Labute approximate surface area is 100.0 Å². The van der Waals surface area contributed by atoms with Crippen LogP contribution in [0, 0.1) is 18.3 Å². The molecule has 0 fully saturated rings. The highest BCUT2D eigenvalue weighted by Crippen LogP contribution is 2.11. The van der Waals surface area contributed by atoms with Gasteiger partial charge in [0.2, 0.25) is 0 Å². The summed E-state index contributed by atoms with van der Waals surface area (Å²) in [6.45, 7) is 2.74. The molecule has 0 saturated carbocycles. The molecule has 0 unspecified atom stereocenters. The average molecular weight is 224 g/mol. The predicted octanol–water partition coefficient (Wildman–Crippen LogP) is 2.27. The van der Waals surface area contributed by atoms with Crippen molar-refractivity contribution in [1.29, 1.82) is 5.26 Å². The van der Waals surface area contributed by atoms with Gasteiger partial charge in [-0.25, -0.2) is 4.98 Å². The summed E-state index contributed by atoms with van der Waals surface area (Å²) in [7, 11) is 0. The van der Waals surface area contributed by atoms with Crippen LogP contribution in [-0.4, -0.2) is 9.97 Å². The summed E-state index contributed by atoms with van der Waals surface area (Å²) in [4.78, 5) is 7.97. The van der Waals surface area contributed by atoms with Gasteiger partial charge >= 0.3 is 0 Å². The first-order chi connectivity index (χ1) is 8.29. The Morgan fingerprint density at radius 3 is 3.00 bits per heavy atom. The number of nitriles is 1. The van der Waals surface area contributed by atoms with Gasteiger partial charge in [-0.15, -0.1) is 0 Å². The smallest absolute Gasteiger partial charge is 0.142 e. The second kappa shape index (κ2) is 5.08. The molecule has 0 amide bonds. The molecule has 4 heteroatoms. The van der Waals surface area contributed by atoms with E-state index < -0.39 is 0 Å². The molecule has 0 radical (unpaired) electrons. The van der Waals surface area contributed by atoms with Crippen LogP contribution in [0.5, 0.6) is 0 Å². The van der Waals surface area contributed by atoms with Crippen LogP contribution >= 0.6 is 0 Å². The van der Waals surface area contributed by atoms with Gasteiger partial charge in [-0.3, -0.25) is 4.98 Å². The first kappa shape index (κ1) is 11.1. The van der Waals surface area contributed by atoms with Crippen molar-refractivity contribution >= 4 is 5.69 Å². The molecular weight excluding hydrogens is 212 g/mol. The van der Waals surface area contributed by atoms with E-state index in [4.69, 9.17) is 5.26 Å². The van der Waals surface area contributed by atoms with Gasteiger partial charge in [0.05, 0.1) is 0 Å². The number of rotatable bonds is 3. The standard InChI is InChI=1S/C13H12N4/c1-10-8-15-4-2-11(10)9-17-12-3-5-16-13(6-12)7-14/h2-6,8H,9H2,1H3,(H,16,17). The highest BCUT2D eigenvalue weighted by molar-refractivity contribution is 5.46. The van der Waals surface area contributed by atoms with Crippen LogP contribution < -0.4 is 5.32 Å². The van der Waals surface area contributed by atoms with E-state index in [2.05, 4.69) is 15.3 Å². The minimum atomic E-state index is 0.418. The molecule has 84 valence electrons. The molecule has 2 heterocycles. The summed E-state index contributed by atoms with van der Waals surface area (Å²) in [6, 6.07) is 7.57. The lowest BCUT2D eigenvalue weighted by atomic mass is 10.1. The Hall–Kier alpha value is -2.41. The van der Waals surface area contributed by atoms with Crippen LogP contribution in [0.15, 0.2) is 36.8 Å². The first-order valence-corrected chi connectivity index (χ1v) is 5.29. The fourth-order valence-corrected chi connectivity index (χ4v) is 1.50. The Balaban J connectivity index is 2.08. The van der Waals surface area contributed by atoms with Crippen LogP contribution in [0.3, 0.4) is 0 Å². The Kier molecular flexibility index (Phi) is 3.31. The van der Waals surface area contributed by atoms with Gasteiger partial charge in [-0.05, 0) is 36.2 Å². The molecule has 2 rings (SSSR count). The van der Waals surface area contributed by atoms with Crippen molar-refractivity contribution < 1.29 is 0 Å². The number of anilines is 1. The predicted molar refractivity (Wildman–Crippen MR) is 65.3 cm³/mol. The lowest BCUT2D eigenvalue weighted by Crippen LogP contribution is -2.02. The zero-order valence-corrected chi connectivity index (χ0v) is 9.51. The Bertz CT molecular complexity index is 557. The molecule has 4 nitrogen and oxygen atoms in total. The summed E-state index contributed by atoms with van der Waals surface area (Å²) in [6.07, 6.45) is 5.24. The van der Waals surface area contributed by atoms with Gasteiger partial charge in [0.1, 0.15) is 11.8 Å². The maximum Gasteiger partial charge on any atom is 0.142 e. The summed E-state index contributed by atoms with van der Waals surface area (Å²) in [5, 5.41) is 12.0. The zero-order chi connectivity index (χ0) is 12.1. The Morgan fingerprint density at radius 2 is 2.24 bits per heavy atom. The second-order valence-corrected chi connectivity index (χ2v) is 3.70.